The smallest absolute Gasteiger partial charge is 0.181 e. The fourth-order valence-electron chi connectivity index (χ4n) is 4.09. The van der Waals surface area contributed by atoms with Crippen molar-refractivity contribution in [1.29, 1.82) is 0 Å². The molecule has 0 amide bonds. The summed E-state index contributed by atoms with van der Waals surface area (Å²) < 4.78 is 61.3. The fourth-order valence-corrected chi connectivity index (χ4v) is 4.09. The van der Waals surface area contributed by atoms with Crippen molar-refractivity contribution >= 4 is 46.1 Å². The van der Waals surface area contributed by atoms with Crippen LogP contribution in [0, 0.1) is 11.6 Å². The van der Waals surface area contributed by atoms with Crippen LogP contribution >= 0.6 is 0 Å². The van der Waals surface area contributed by atoms with E-state index in [4.69, 9.17) is 0 Å². The Morgan fingerprint density at radius 3 is 2.15 bits per heavy atom. The fraction of sp³-hybridized carbons (Fsp3) is 0. The van der Waals surface area contributed by atoms with Crippen molar-refractivity contribution in [2.24, 2.45) is 0 Å². The molecule has 4 nitrogen and oxygen atoms in total. The lowest BCUT2D eigenvalue weighted by Crippen LogP contribution is -1.91. The Bertz CT molecular complexity index is 1700. The number of H-pyrrole nitrogens is 1. The maximum Gasteiger partial charge on any atom is 0.181 e. The first-order valence-corrected chi connectivity index (χ1v) is 10.4. The van der Waals surface area contributed by atoms with Crippen LogP contribution in [0.2, 0.25) is 0 Å². The molecule has 4 aromatic rings. The summed E-state index contributed by atoms with van der Waals surface area (Å²) in [5, 5.41) is 0. The first kappa shape index (κ1) is 20.2. The van der Waals surface area contributed by atoms with Gasteiger partial charge >= 0.3 is 0 Å². The molecular weight excluding hydrogens is 444 g/mol. The minimum atomic E-state index is -1.45. The summed E-state index contributed by atoms with van der Waals surface area (Å²) in [5.41, 5.74) is 0.439. The molecule has 0 aliphatic carbocycles. The van der Waals surface area contributed by atoms with Crippen LogP contribution in [-0.4, -0.2) is 19.7 Å². The summed E-state index contributed by atoms with van der Waals surface area (Å²) >= 11 is 0. The molecule has 166 valence electrons. The summed E-state index contributed by atoms with van der Waals surface area (Å²) in [6.45, 7) is 0. The van der Waals surface area contributed by atoms with E-state index in [1.54, 1.807) is 60.7 Å². The average molecular weight is 458 g/mol. The molecule has 0 unspecified atom stereocenters. The summed E-state index contributed by atoms with van der Waals surface area (Å²) in [7, 11) is 0. The van der Waals surface area contributed by atoms with E-state index in [1.807, 2.05) is 0 Å². The first-order valence-electron chi connectivity index (χ1n) is 10.4. The molecule has 34 heavy (non-hydrogen) atoms. The molecule has 0 saturated heterocycles. The monoisotopic (exact) mass is 458 g/mol. The van der Waals surface area contributed by atoms with Crippen LogP contribution in [0.5, 0.6) is 0 Å². The van der Waals surface area contributed by atoms with E-state index >= 15 is 13.3 Å². The Kier molecular flexibility index (Phi) is 4.48. The second-order valence-electron chi connectivity index (χ2n) is 7.86. The number of nitrogens with one attached hydrogen (secondary N) is 1. The number of hydrogen-bond donors (Lipinski definition) is 1. The lowest BCUT2D eigenvalue weighted by atomic mass is 10.1. The molecule has 0 atom stereocenters. The molecule has 1 N–H and O–H groups in total. The maximum absolute atomic E-state index is 15.6. The Balaban J connectivity index is 1.81. The molecule has 8 bridgehead atoms. The summed E-state index contributed by atoms with van der Waals surface area (Å²) in [5.74, 6) is -3.64. The van der Waals surface area contributed by atoms with Gasteiger partial charge in [0.2, 0.25) is 0 Å². The first-order chi connectivity index (χ1) is 16.5. The average Bonchev–Trinajstić information content (AvgIpc) is 3.58. The van der Waals surface area contributed by atoms with E-state index in [2.05, 4.69) is 15.0 Å². The lowest BCUT2D eigenvalue weighted by molar-refractivity contribution is 0.394. The van der Waals surface area contributed by atoms with Crippen molar-refractivity contribution in [3.63, 3.8) is 0 Å². The van der Waals surface area contributed by atoms with Gasteiger partial charge in [0, 0.05) is 22.7 Å². The third-order valence-electron chi connectivity index (χ3n) is 5.62. The van der Waals surface area contributed by atoms with Gasteiger partial charge in [-0.25, -0.2) is 23.1 Å². The van der Waals surface area contributed by atoms with Crippen molar-refractivity contribution < 1.29 is 17.7 Å². The molecule has 0 radical (unpaired) electrons. The van der Waals surface area contributed by atoms with Gasteiger partial charge in [-0.15, -0.1) is 0 Å². The van der Waals surface area contributed by atoms with Crippen LogP contribution in [0.3, 0.4) is 0 Å². The van der Waals surface area contributed by atoms with Crippen LogP contribution < -0.4 is 0 Å². The number of aromatic nitrogens is 4. The molecule has 8 heteroatoms. The SMILES string of the molecule is FC1=Cc2cc3ccc(cc4nc(cc5c(-c6ccccc6)c(F)c(c(F)c1n2)n5F)C=C4)[nH]3. The van der Waals surface area contributed by atoms with Crippen molar-refractivity contribution in [2.45, 2.75) is 0 Å². The van der Waals surface area contributed by atoms with Gasteiger partial charge in [0.15, 0.2) is 17.5 Å². The van der Waals surface area contributed by atoms with E-state index in [0.29, 0.717) is 22.5 Å². The minimum Gasteiger partial charge on any atom is -0.355 e. The largest absolute Gasteiger partial charge is 0.355 e. The topological polar surface area (TPSA) is 46.5 Å². The minimum absolute atomic E-state index is 0.101. The Morgan fingerprint density at radius 2 is 1.41 bits per heavy atom. The normalized spacial score (nSPS) is 12.8. The van der Waals surface area contributed by atoms with Gasteiger partial charge < -0.3 is 4.98 Å². The summed E-state index contributed by atoms with van der Waals surface area (Å²) in [6, 6.07) is 16.3. The van der Waals surface area contributed by atoms with Gasteiger partial charge in [-0.05, 0) is 48.0 Å². The zero-order chi connectivity index (χ0) is 23.4. The third kappa shape index (κ3) is 3.23. The number of benzene rings is 1. The quantitative estimate of drug-likeness (QED) is 0.272. The summed E-state index contributed by atoms with van der Waals surface area (Å²) in [6.07, 6.45) is 4.38. The van der Waals surface area contributed by atoms with Gasteiger partial charge in [-0.2, -0.15) is 4.79 Å². The zero-order valence-electron chi connectivity index (χ0n) is 17.4. The predicted octanol–water partition coefficient (Wildman–Crippen LogP) is 7.10. The standard InChI is InChI=1S/C26H14F4N4/c27-20-12-19-11-17-7-6-15(31-17)10-16-8-9-18(32-16)13-21-22(14-4-2-1-3-5-14)23(28)26(34(21)30)24(29)25(20)33-19/h1-13,31H. The van der Waals surface area contributed by atoms with Gasteiger partial charge in [-0.3, -0.25) is 0 Å². The van der Waals surface area contributed by atoms with E-state index in [-0.39, 0.29) is 21.6 Å². The van der Waals surface area contributed by atoms with Gasteiger partial charge in [0.05, 0.1) is 22.6 Å². The van der Waals surface area contributed by atoms with Crippen LogP contribution in [0.25, 0.3) is 57.2 Å². The molecule has 0 spiro atoms. The number of rotatable bonds is 1. The number of aromatic amines is 1. The molecule has 0 saturated carbocycles. The van der Waals surface area contributed by atoms with Crippen LogP contribution in [-0.2, 0) is 0 Å². The second-order valence-corrected chi connectivity index (χ2v) is 7.86. The molecule has 3 aromatic heterocycles. The molecule has 2 aliphatic heterocycles. The number of halogens is 4. The number of nitrogens with zero attached hydrogens (tertiary/aromatic N) is 3. The van der Waals surface area contributed by atoms with E-state index in [9.17, 15) is 4.39 Å². The third-order valence-corrected chi connectivity index (χ3v) is 5.62. The molecule has 0 fully saturated rings. The highest BCUT2D eigenvalue weighted by Crippen LogP contribution is 2.36. The van der Waals surface area contributed by atoms with Crippen molar-refractivity contribution in [3.05, 3.63) is 95.1 Å². The van der Waals surface area contributed by atoms with Crippen molar-refractivity contribution in [3.8, 4) is 11.1 Å². The highest BCUT2D eigenvalue weighted by atomic mass is 19.2. The maximum atomic E-state index is 15.6. The van der Waals surface area contributed by atoms with Gasteiger partial charge in [0.1, 0.15) is 11.2 Å². The van der Waals surface area contributed by atoms with Crippen LogP contribution in [0.4, 0.5) is 17.7 Å². The van der Waals surface area contributed by atoms with Crippen molar-refractivity contribution in [1.82, 2.24) is 19.7 Å². The van der Waals surface area contributed by atoms with Crippen LogP contribution in [0.1, 0.15) is 22.8 Å². The molecular formula is C26H14F4N4. The number of fused-ring (bicyclic) bond motifs is 8. The van der Waals surface area contributed by atoms with E-state index in [0.717, 1.165) is 11.6 Å². The molecule has 2 aliphatic rings. The zero-order valence-corrected chi connectivity index (χ0v) is 17.4. The van der Waals surface area contributed by atoms with Gasteiger partial charge in [0.25, 0.3) is 0 Å². The second kappa shape index (κ2) is 7.55. The molecule has 5 heterocycles. The van der Waals surface area contributed by atoms with Crippen LogP contribution in [0.15, 0.2) is 60.7 Å². The highest BCUT2D eigenvalue weighted by molar-refractivity contribution is 5.90. The summed E-state index contributed by atoms with van der Waals surface area (Å²) in [4.78, 5) is 11.4. The Morgan fingerprint density at radius 1 is 0.735 bits per heavy atom. The van der Waals surface area contributed by atoms with Crippen molar-refractivity contribution in [2.75, 3.05) is 0 Å². The Labute approximate surface area is 190 Å². The molecule has 6 rings (SSSR count). The van der Waals surface area contributed by atoms with E-state index < -0.39 is 28.7 Å². The van der Waals surface area contributed by atoms with Gasteiger partial charge in [-0.1, -0.05) is 34.8 Å². The molecule has 1 aromatic carbocycles. The lowest BCUT2D eigenvalue weighted by Gasteiger charge is -1.99. The highest BCUT2D eigenvalue weighted by Gasteiger charge is 2.25. The number of hydrogen-bond acceptors (Lipinski definition) is 2. The predicted molar refractivity (Wildman–Crippen MR) is 124 cm³/mol. The Hall–Kier alpha value is -4.46. The van der Waals surface area contributed by atoms with E-state index in [1.165, 1.54) is 12.1 Å².